The predicted molar refractivity (Wildman–Crippen MR) is 165 cm³/mol. The first-order chi connectivity index (χ1) is 18.7. The van der Waals surface area contributed by atoms with Gasteiger partial charge in [0.1, 0.15) is 0 Å². The van der Waals surface area contributed by atoms with Crippen LogP contribution in [0.5, 0.6) is 0 Å². The van der Waals surface area contributed by atoms with Gasteiger partial charge in [0, 0.05) is 20.9 Å². The summed E-state index contributed by atoms with van der Waals surface area (Å²) in [5.74, 6) is 0. The van der Waals surface area contributed by atoms with Gasteiger partial charge in [-0.1, -0.05) is 119 Å². The van der Waals surface area contributed by atoms with Gasteiger partial charge in [0.2, 0.25) is 0 Å². The van der Waals surface area contributed by atoms with Crippen LogP contribution in [0.2, 0.25) is 0 Å². The Morgan fingerprint density at radius 1 is 0.368 bits per heavy atom. The maximum Gasteiger partial charge on any atom is 0.0547 e. The van der Waals surface area contributed by atoms with E-state index in [1.807, 2.05) is 0 Å². The highest BCUT2D eigenvalue weighted by molar-refractivity contribution is 9.10. The maximum absolute atomic E-state index is 3.63. The summed E-state index contributed by atoms with van der Waals surface area (Å²) in [6.45, 7) is 0. The third-order valence-corrected chi connectivity index (χ3v) is 7.73. The van der Waals surface area contributed by atoms with Crippen molar-refractivity contribution in [3.63, 3.8) is 0 Å². The van der Waals surface area contributed by atoms with Gasteiger partial charge in [-0.15, -0.1) is 0 Å². The normalized spacial score (nSPS) is 11.3. The van der Waals surface area contributed by atoms with E-state index in [1.165, 1.54) is 55.2 Å². The second-order valence-electron chi connectivity index (χ2n) is 9.59. The molecule has 38 heavy (non-hydrogen) atoms. The molecule has 0 saturated heterocycles. The quantitative estimate of drug-likeness (QED) is 0.205. The average molecular weight is 550 g/mol. The highest BCUT2D eigenvalue weighted by Crippen LogP contribution is 2.36. The van der Waals surface area contributed by atoms with Crippen molar-refractivity contribution < 1.29 is 0 Å². The Bertz CT molecular complexity index is 1930. The lowest BCUT2D eigenvalue weighted by Gasteiger charge is -2.12. The number of benzene rings is 6. The van der Waals surface area contributed by atoms with Crippen molar-refractivity contribution in [2.75, 3.05) is 0 Å². The molecule has 6 aromatic carbocycles. The summed E-state index contributed by atoms with van der Waals surface area (Å²) in [7, 11) is 0. The summed E-state index contributed by atoms with van der Waals surface area (Å²) in [6.07, 6.45) is 0. The third kappa shape index (κ3) is 4.04. The lowest BCUT2D eigenvalue weighted by Crippen LogP contribution is -1.94. The molecule has 180 valence electrons. The fourth-order valence-corrected chi connectivity index (χ4v) is 5.83. The number of hydrogen-bond acceptors (Lipinski definition) is 0. The molecule has 0 N–H and O–H groups in total. The molecule has 0 aliphatic heterocycles. The molecule has 0 aliphatic rings. The summed E-state index contributed by atoms with van der Waals surface area (Å²) in [6, 6.07) is 52.3. The maximum atomic E-state index is 3.63. The van der Waals surface area contributed by atoms with Gasteiger partial charge in [-0.05, 0) is 75.8 Å². The largest absolute Gasteiger partial charge is 0.309 e. The van der Waals surface area contributed by atoms with E-state index >= 15 is 0 Å². The van der Waals surface area contributed by atoms with Crippen LogP contribution in [0.1, 0.15) is 0 Å². The molecule has 7 aromatic rings. The molecule has 1 heterocycles. The van der Waals surface area contributed by atoms with E-state index in [-0.39, 0.29) is 0 Å². The molecule has 0 saturated carbocycles. The second kappa shape index (κ2) is 9.48. The van der Waals surface area contributed by atoms with Crippen molar-refractivity contribution in [3.05, 3.63) is 150 Å². The smallest absolute Gasteiger partial charge is 0.0547 e. The molecule has 2 heteroatoms. The zero-order valence-corrected chi connectivity index (χ0v) is 22.3. The summed E-state index contributed by atoms with van der Waals surface area (Å²) in [4.78, 5) is 0. The molecule has 1 nitrogen and oxygen atoms in total. The van der Waals surface area contributed by atoms with Crippen LogP contribution in [0.4, 0.5) is 0 Å². The summed E-state index contributed by atoms with van der Waals surface area (Å²) >= 11 is 3.63. The molecule has 0 radical (unpaired) electrons. The van der Waals surface area contributed by atoms with Gasteiger partial charge in [-0.25, -0.2) is 0 Å². The second-order valence-corrected chi connectivity index (χ2v) is 10.5. The molecule has 1 aromatic heterocycles. The number of para-hydroxylation sites is 1. The minimum absolute atomic E-state index is 1.08. The monoisotopic (exact) mass is 549 g/mol. The molecule has 0 aliphatic carbocycles. The number of aromatic nitrogens is 1. The van der Waals surface area contributed by atoms with Crippen molar-refractivity contribution in [1.29, 1.82) is 0 Å². The molecular formula is C36H24BrN. The minimum atomic E-state index is 1.08. The number of halogens is 1. The Balaban J connectivity index is 1.41. The number of hydrogen-bond donors (Lipinski definition) is 0. The van der Waals surface area contributed by atoms with E-state index in [2.05, 4.69) is 166 Å². The van der Waals surface area contributed by atoms with E-state index in [1.54, 1.807) is 0 Å². The van der Waals surface area contributed by atoms with Crippen molar-refractivity contribution in [2.45, 2.75) is 0 Å². The van der Waals surface area contributed by atoms with Crippen LogP contribution in [0, 0.1) is 0 Å². The molecule has 0 amide bonds. The van der Waals surface area contributed by atoms with Crippen molar-refractivity contribution in [3.8, 4) is 39.1 Å². The molecule has 0 atom stereocenters. The highest BCUT2D eigenvalue weighted by Gasteiger charge is 2.14. The van der Waals surface area contributed by atoms with Crippen molar-refractivity contribution in [2.24, 2.45) is 0 Å². The van der Waals surface area contributed by atoms with Crippen LogP contribution >= 0.6 is 15.9 Å². The van der Waals surface area contributed by atoms with Crippen molar-refractivity contribution in [1.82, 2.24) is 4.57 Å². The molecule has 0 unspecified atom stereocenters. The van der Waals surface area contributed by atoms with E-state index < -0.39 is 0 Å². The summed E-state index contributed by atoms with van der Waals surface area (Å²) < 4.78 is 3.48. The predicted octanol–water partition coefficient (Wildman–Crippen LogP) is 10.5. The van der Waals surface area contributed by atoms with Crippen LogP contribution in [0.3, 0.4) is 0 Å². The van der Waals surface area contributed by atoms with E-state index in [4.69, 9.17) is 0 Å². The fraction of sp³-hybridized carbons (Fsp3) is 0. The van der Waals surface area contributed by atoms with Crippen LogP contribution in [0.15, 0.2) is 150 Å². The van der Waals surface area contributed by atoms with Gasteiger partial charge >= 0.3 is 0 Å². The topological polar surface area (TPSA) is 4.93 Å². The highest BCUT2D eigenvalue weighted by atomic mass is 79.9. The Hall–Kier alpha value is -4.40. The molecular weight excluding hydrogens is 526 g/mol. The summed E-state index contributed by atoms with van der Waals surface area (Å²) in [5.41, 5.74) is 10.8. The number of rotatable bonds is 4. The number of fused-ring (bicyclic) bond motifs is 3. The van der Waals surface area contributed by atoms with Gasteiger partial charge in [0.15, 0.2) is 0 Å². The first-order valence-corrected chi connectivity index (χ1v) is 13.6. The van der Waals surface area contributed by atoms with Gasteiger partial charge < -0.3 is 4.57 Å². The Morgan fingerprint density at radius 3 is 1.76 bits per heavy atom. The number of nitrogens with zero attached hydrogens (tertiary/aromatic N) is 1. The van der Waals surface area contributed by atoms with Crippen LogP contribution in [-0.2, 0) is 0 Å². The van der Waals surface area contributed by atoms with Gasteiger partial charge in [0.05, 0.1) is 11.0 Å². The zero-order chi connectivity index (χ0) is 25.5. The molecule has 0 spiro atoms. The first-order valence-electron chi connectivity index (χ1n) is 12.8. The Labute approximate surface area is 230 Å². The van der Waals surface area contributed by atoms with Gasteiger partial charge in [0.25, 0.3) is 0 Å². The lowest BCUT2D eigenvalue weighted by atomic mass is 9.99. The molecule has 0 bridgehead atoms. The SMILES string of the molecule is Brc1cccc(-c2ccc3c4ccccc4n(-c4cccc(-c5cccc(-c6ccccc6)c5)c4)c3c2)c1. The Morgan fingerprint density at radius 2 is 0.947 bits per heavy atom. The van der Waals surface area contributed by atoms with Gasteiger partial charge in [-0.3, -0.25) is 0 Å². The fourth-order valence-electron chi connectivity index (χ4n) is 5.43. The molecule has 7 rings (SSSR count). The van der Waals surface area contributed by atoms with Crippen molar-refractivity contribution >= 4 is 37.7 Å². The third-order valence-electron chi connectivity index (χ3n) is 7.24. The zero-order valence-electron chi connectivity index (χ0n) is 20.7. The first kappa shape index (κ1) is 22.8. The van der Waals surface area contributed by atoms with E-state index in [0.29, 0.717) is 0 Å². The van der Waals surface area contributed by atoms with E-state index in [9.17, 15) is 0 Å². The standard InChI is InChI=1S/C36H24BrN/c37-31-15-7-13-28(22-31)30-19-20-34-33-17-4-5-18-35(33)38(36(34)24-30)32-16-8-14-29(23-32)27-12-6-11-26(21-27)25-9-2-1-3-10-25/h1-24H. The molecule has 0 fully saturated rings. The lowest BCUT2D eigenvalue weighted by molar-refractivity contribution is 1.18. The minimum Gasteiger partial charge on any atom is -0.309 e. The Kier molecular flexibility index (Phi) is 5.68. The van der Waals surface area contributed by atoms with Crippen LogP contribution < -0.4 is 0 Å². The van der Waals surface area contributed by atoms with Gasteiger partial charge in [-0.2, -0.15) is 0 Å². The van der Waals surface area contributed by atoms with E-state index in [0.717, 1.165) is 10.2 Å². The van der Waals surface area contributed by atoms with Crippen LogP contribution in [-0.4, -0.2) is 4.57 Å². The average Bonchev–Trinajstić information content (AvgIpc) is 3.31. The van der Waals surface area contributed by atoms with Crippen LogP contribution in [0.25, 0.3) is 60.9 Å². The summed E-state index contributed by atoms with van der Waals surface area (Å²) in [5, 5.41) is 2.52.